The van der Waals surface area contributed by atoms with Crippen molar-refractivity contribution < 1.29 is 27.9 Å². The van der Waals surface area contributed by atoms with E-state index in [0.29, 0.717) is 0 Å². The van der Waals surface area contributed by atoms with Crippen molar-refractivity contribution in [3.63, 3.8) is 0 Å². The van der Waals surface area contributed by atoms with Crippen molar-refractivity contribution in [1.29, 1.82) is 0 Å². The summed E-state index contributed by atoms with van der Waals surface area (Å²) in [5.41, 5.74) is -0.537. The highest BCUT2D eigenvalue weighted by Crippen LogP contribution is 2.34. The van der Waals surface area contributed by atoms with Crippen LogP contribution >= 0.6 is 0 Å². The summed E-state index contributed by atoms with van der Waals surface area (Å²) in [5.74, 6) is -0.827. The van der Waals surface area contributed by atoms with Gasteiger partial charge in [-0.25, -0.2) is 0 Å². The summed E-state index contributed by atoms with van der Waals surface area (Å²) in [7, 11) is 0. The smallest absolute Gasteiger partial charge is 0.387 e. The largest absolute Gasteiger partial charge is 0.416 e. The molecule has 0 aromatic heterocycles. The molecule has 2 atom stereocenters. The highest BCUT2D eigenvalue weighted by atomic mass is 19.4. The lowest BCUT2D eigenvalue weighted by molar-refractivity contribution is -0.139. The van der Waals surface area contributed by atoms with Crippen molar-refractivity contribution in [2.24, 2.45) is 0 Å². The summed E-state index contributed by atoms with van der Waals surface area (Å²) in [4.78, 5) is 23.6. The van der Waals surface area contributed by atoms with Crippen LogP contribution in [0.4, 0.5) is 13.2 Å². The molecule has 0 saturated carbocycles. The summed E-state index contributed by atoms with van der Waals surface area (Å²) in [6.45, 7) is 0.944. The Bertz CT molecular complexity index is 810. The van der Waals surface area contributed by atoms with Gasteiger partial charge in [-0.1, -0.05) is 48.5 Å². The van der Waals surface area contributed by atoms with E-state index in [0.717, 1.165) is 11.6 Å². The van der Waals surface area contributed by atoms with Crippen molar-refractivity contribution in [3.8, 4) is 0 Å². The van der Waals surface area contributed by atoms with Gasteiger partial charge in [0.2, 0.25) is 11.8 Å². The maximum absolute atomic E-state index is 13.1. The second-order valence-electron chi connectivity index (χ2n) is 6.27. The SMILES string of the molecule is CC(=O)NC(CC(=O)NCC(O)c1ccccc1C(F)(F)F)c1ccccc1. The number of alkyl halides is 3. The number of carbonyl (C=O) groups is 2. The summed E-state index contributed by atoms with van der Waals surface area (Å²) < 4.78 is 39.2. The zero-order chi connectivity index (χ0) is 20.7. The Morgan fingerprint density at radius 1 is 1.04 bits per heavy atom. The van der Waals surface area contributed by atoms with E-state index in [1.54, 1.807) is 30.3 Å². The first-order chi connectivity index (χ1) is 13.2. The second kappa shape index (κ2) is 9.36. The lowest BCUT2D eigenvalue weighted by Gasteiger charge is -2.20. The molecule has 3 N–H and O–H groups in total. The van der Waals surface area contributed by atoms with E-state index in [-0.39, 0.29) is 24.4 Å². The molecule has 28 heavy (non-hydrogen) atoms. The van der Waals surface area contributed by atoms with E-state index < -0.39 is 29.8 Å². The topological polar surface area (TPSA) is 78.4 Å². The van der Waals surface area contributed by atoms with Crippen LogP contribution in [0.15, 0.2) is 54.6 Å². The van der Waals surface area contributed by atoms with E-state index in [4.69, 9.17) is 0 Å². The summed E-state index contributed by atoms with van der Waals surface area (Å²) in [5, 5.41) is 15.2. The Morgan fingerprint density at radius 3 is 2.25 bits per heavy atom. The number of hydrogen-bond acceptors (Lipinski definition) is 3. The normalized spacial score (nSPS) is 13.5. The molecule has 0 aliphatic rings. The van der Waals surface area contributed by atoms with E-state index in [9.17, 15) is 27.9 Å². The van der Waals surface area contributed by atoms with Gasteiger partial charge >= 0.3 is 6.18 Å². The summed E-state index contributed by atoms with van der Waals surface area (Å²) >= 11 is 0. The third-order valence-corrected chi connectivity index (χ3v) is 4.09. The van der Waals surface area contributed by atoms with Crippen LogP contribution in [0.5, 0.6) is 0 Å². The lowest BCUT2D eigenvalue weighted by Crippen LogP contribution is -2.34. The molecule has 0 aliphatic carbocycles. The van der Waals surface area contributed by atoms with Crippen LogP contribution in [0.1, 0.15) is 42.2 Å². The molecule has 2 rings (SSSR count). The number of benzene rings is 2. The Balaban J connectivity index is 2.02. The van der Waals surface area contributed by atoms with Crippen molar-refractivity contribution >= 4 is 11.8 Å². The average Bonchev–Trinajstić information content (AvgIpc) is 2.65. The second-order valence-corrected chi connectivity index (χ2v) is 6.27. The van der Waals surface area contributed by atoms with Crippen molar-refractivity contribution in [1.82, 2.24) is 10.6 Å². The van der Waals surface area contributed by atoms with Crippen molar-refractivity contribution in [2.75, 3.05) is 6.54 Å². The highest BCUT2D eigenvalue weighted by molar-refractivity contribution is 5.79. The number of hydrogen-bond donors (Lipinski definition) is 3. The molecule has 0 radical (unpaired) electrons. The number of aliphatic hydroxyl groups is 1. The van der Waals surface area contributed by atoms with Gasteiger partial charge in [0.1, 0.15) is 0 Å². The molecule has 2 aromatic rings. The molecule has 2 unspecified atom stereocenters. The van der Waals surface area contributed by atoms with Crippen molar-refractivity contribution in [2.45, 2.75) is 31.7 Å². The average molecular weight is 394 g/mol. The Hall–Kier alpha value is -2.87. The molecule has 0 aliphatic heterocycles. The number of rotatable bonds is 7. The van der Waals surface area contributed by atoms with Crippen LogP contribution in [0, 0.1) is 0 Å². The quantitative estimate of drug-likeness (QED) is 0.675. The van der Waals surface area contributed by atoms with Gasteiger partial charge in [0.25, 0.3) is 0 Å². The van der Waals surface area contributed by atoms with Crippen LogP contribution in [0.2, 0.25) is 0 Å². The minimum atomic E-state index is -4.61. The van der Waals surface area contributed by atoms with E-state index in [2.05, 4.69) is 10.6 Å². The monoisotopic (exact) mass is 394 g/mol. The number of halogens is 3. The predicted molar refractivity (Wildman–Crippen MR) is 97.0 cm³/mol. The van der Waals surface area contributed by atoms with Gasteiger partial charge in [-0.3, -0.25) is 9.59 Å². The van der Waals surface area contributed by atoms with Crippen LogP contribution < -0.4 is 10.6 Å². The Labute approximate surface area is 160 Å². The summed E-state index contributed by atoms with van der Waals surface area (Å²) in [6.07, 6.45) is -6.24. The third kappa shape index (κ3) is 6.09. The zero-order valence-corrected chi connectivity index (χ0v) is 15.2. The molecule has 8 heteroatoms. The maximum atomic E-state index is 13.1. The molecule has 2 amide bonds. The van der Waals surface area contributed by atoms with E-state index in [1.165, 1.54) is 25.1 Å². The van der Waals surface area contributed by atoms with Crippen LogP contribution in [0.3, 0.4) is 0 Å². The first-order valence-electron chi connectivity index (χ1n) is 8.61. The molecule has 0 heterocycles. The number of carbonyl (C=O) groups excluding carboxylic acids is 2. The zero-order valence-electron chi connectivity index (χ0n) is 15.2. The fourth-order valence-corrected chi connectivity index (χ4v) is 2.81. The van der Waals surface area contributed by atoms with Gasteiger partial charge in [0.15, 0.2) is 0 Å². The van der Waals surface area contributed by atoms with Gasteiger partial charge in [0, 0.05) is 13.5 Å². The molecule has 0 saturated heterocycles. The predicted octanol–water partition coefficient (Wildman–Crippen LogP) is 3.12. The molecule has 0 fully saturated rings. The molecule has 0 bridgehead atoms. The fraction of sp³-hybridized carbons (Fsp3) is 0.300. The van der Waals surface area contributed by atoms with Gasteiger partial charge in [-0.2, -0.15) is 13.2 Å². The van der Waals surface area contributed by atoms with Gasteiger partial charge < -0.3 is 15.7 Å². The first-order valence-corrected chi connectivity index (χ1v) is 8.61. The fourth-order valence-electron chi connectivity index (χ4n) is 2.81. The third-order valence-electron chi connectivity index (χ3n) is 4.09. The maximum Gasteiger partial charge on any atom is 0.416 e. The minimum Gasteiger partial charge on any atom is -0.387 e. The van der Waals surface area contributed by atoms with Crippen molar-refractivity contribution in [3.05, 3.63) is 71.3 Å². The first kappa shape index (κ1) is 21.4. The van der Waals surface area contributed by atoms with E-state index >= 15 is 0 Å². The molecule has 5 nitrogen and oxygen atoms in total. The molecule has 150 valence electrons. The number of nitrogens with one attached hydrogen (secondary N) is 2. The molecule has 2 aromatic carbocycles. The number of aliphatic hydroxyl groups excluding tert-OH is 1. The van der Waals surface area contributed by atoms with Gasteiger partial charge in [-0.15, -0.1) is 0 Å². The summed E-state index contributed by atoms with van der Waals surface area (Å²) in [6, 6.07) is 12.9. The minimum absolute atomic E-state index is 0.114. The number of amides is 2. The van der Waals surface area contributed by atoms with Gasteiger partial charge in [0.05, 0.1) is 24.1 Å². The van der Waals surface area contributed by atoms with E-state index in [1.807, 2.05) is 0 Å². The highest BCUT2D eigenvalue weighted by Gasteiger charge is 2.34. The van der Waals surface area contributed by atoms with Crippen LogP contribution in [-0.4, -0.2) is 23.5 Å². The lowest BCUT2D eigenvalue weighted by atomic mass is 10.0. The van der Waals surface area contributed by atoms with Gasteiger partial charge in [-0.05, 0) is 17.2 Å². The Morgan fingerprint density at radius 2 is 1.64 bits per heavy atom. The molecular weight excluding hydrogens is 373 g/mol. The van der Waals surface area contributed by atoms with Crippen LogP contribution in [-0.2, 0) is 15.8 Å². The Kier molecular flexibility index (Phi) is 7.17. The molecule has 0 spiro atoms. The molecular formula is C20H21F3N2O3. The van der Waals surface area contributed by atoms with Crippen LogP contribution in [0.25, 0.3) is 0 Å². The standard InChI is InChI=1S/C20H21F3N2O3/c1-13(26)25-17(14-7-3-2-4-8-14)11-19(28)24-12-18(27)15-9-5-6-10-16(15)20(21,22)23/h2-10,17-18,27H,11-12H2,1H3,(H,24,28)(H,25,26).